The van der Waals surface area contributed by atoms with Crippen LogP contribution in [0.2, 0.25) is 0 Å². The fourth-order valence-electron chi connectivity index (χ4n) is 13.4. The van der Waals surface area contributed by atoms with Crippen LogP contribution in [0.5, 0.6) is 0 Å². The van der Waals surface area contributed by atoms with Gasteiger partial charge in [-0.15, -0.1) is 0 Å². The zero-order valence-electron chi connectivity index (χ0n) is 37.5. The van der Waals surface area contributed by atoms with Gasteiger partial charge in [0.2, 0.25) is 0 Å². The standard InChI is InChI=1S/C68H44/c1-2-16-42(17-3-1)43-32-34-44(35-33-43)65(48-36-37-55-54-25-10-13-31-63(54)68(64(55)41-48)61-29-11-8-23-52(61)53-24-9-12-30-62(53)68)57-28-14-20-47-40-60-59(66(47)57)39-46-19-5-7-22-50(46)67(60)56-27-15-26-51-49-21-6-4-18-45(49)38-58(51)56/h1-37,39,41,65H,38,40H2. The molecule has 11 aromatic rings. The van der Waals surface area contributed by atoms with Crippen molar-refractivity contribution < 1.29 is 0 Å². The Morgan fingerprint density at radius 3 is 1.60 bits per heavy atom. The van der Waals surface area contributed by atoms with Crippen LogP contribution in [-0.4, -0.2) is 0 Å². The minimum atomic E-state index is -0.425. The molecule has 0 aliphatic heterocycles. The molecule has 0 heteroatoms. The first-order chi connectivity index (χ1) is 33.7. The normalized spacial score (nSPS) is 14.1. The maximum absolute atomic E-state index is 2.61. The maximum atomic E-state index is 2.61. The van der Waals surface area contributed by atoms with Crippen molar-refractivity contribution in [1.29, 1.82) is 0 Å². The third-order valence-corrected chi connectivity index (χ3v) is 16.1. The minimum Gasteiger partial charge on any atom is -0.0622 e. The molecule has 0 saturated carbocycles. The lowest BCUT2D eigenvalue weighted by molar-refractivity contribution is 0.790. The summed E-state index contributed by atoms with van der Waals surface area (Å²) >= 11 is 0. The number of rotatable bonds is 5. The number of hydrogen-bond acceptors (Lipinski definition) is 0. The van der Waals surface area contributed by atoms with E-state index in [0.29, 0.717) is 0 Å². The maximum Gasteiger partial charge on any atom is 0.0725 e. The zero-order valence-corrected chi connectivity index (χ0v) is 37.5. The molecular weight excluding hydrogens is 817 g/mol. The van der Waals surface area contributed by atoms with Gasteiger partial charge >= 0.3 is 0 Å². The molecule has 0 fully saturated rings. The van der Waals surface area contributed by atoms with Gasteiger partial charge in [0.15, 0.2) is 0 Å². The molecule has 11 aromatic carbocycles. The van der Waals surface area contributed by atoms with E-state index in [1.54, 1.807) is 0 Å². The molecule has 4 aliphatic carbocycles. The van der Waals surface area contributed by atoms with Crippen LogP contribution in [0.4, 0.5) is 0 Å². The molecule has 0 amide bonds. The molecule has 0 saturated heterocycles. The smallest absolute Gasteiger partial charge is 0.0622 e. The third kappa shape index (κ3) is 5.15. The van der Waals surface area contributed by atoms with E-state index in [1.165, 1.54) is 139 Å². The summed E-state index contributed by atoms with van der Waals surface area (Å²) in [6.07, 6.45) is 1.85. The molecule has 1 unspecified atom stereocenters. The molecule has 1 atom stereocenters. The molecule has 0 heterocycles. The van der Waals surface area contributed by atoms with Crippen LogP contribution in [0.15, 0.2) is 237 Å². The van der Waals surface area contributed by atoms with Crippen molar-refractivity contribution in [2.45, 2.75) is 24.2 Å². The van der Waals surface area contributed by atoms with Crippen molar-refractivity contribution in [3.63, 3.8) is 0 Å². The van der Waals surface area contributed by atoms with Gasteiger partial charge in [-0.2, -0.15) is 0 Å². The van der Waals surface area contributed by atoms with Crippen molar-refractivity contribution in [3.8, 4) is 66.8 Å². The van der Waals surface area contributed by atoms with Gasteiger partial charge in [-0.25, -0.2) is 0 Å². The van der Waals surface area contributed by atoms with E-state index in [2.05, 4.69) is 237 Å². The molecule has 0 aromatic heterocycles. The lowest BCUT2D eigenvalue weighted by Gasteiger charge is -2.31. The molecule has 4 aliphatic rings. The second kappa shape index (κ2) is 14.3. The van der Waals surface area contributed by atoms with Crippen LogP contribution < -0.4 is 0 Å². The first-order valence-electron chi connectivity index (χ1n) is 24.2. The Morgan fingerprint density at radius 2 is 0.853 bits per heavy atom. The van der Waals surface area contributed by atoms with Crippen LogP contribution >= 0.6 is 0 Å². The SMILES string of the molecule is c1ccc(-c2ccc(C(c3ccc4c(c3)C3(c5ccccc5-c5ccccc53)c3ccccc3-4)c3cccc4c3-c3cc5ccccc5c(-c5cccc6c5Cc5ccccc5-6)c3C4)cc2)cc1. The quantitative estimate of drug-likeness (QED) is 0.151. The van der Waals surface area contributed by atoms with Gasteiger partial charge in [0.05, 0.1) is 5.41 Å². The van der Waals surface area contributed by atoms with Crippen LogP contribution in [0.1, 0.15) is 67.1 Å². The predicted octanol–water partition coefficient (Wildman–Crippen LogP) is 16.8. The van der Waals surface area contributed by atoms with Crippen molar-refractivity contribution in [1.82, 2.24) is 0 Å². The Kier molecular flexibility index (Phi) is 7.98. The Hall–Kier alpha value is -8.32. The fourth-order valence-corrected chi connectivity index (χ4v) is 13.4. The molecule has 0 radical (unpaired) electrons. The highest BCUT2D eigenvalue weighted by Crippen LogP contribution is 2.63. The monoisotopic (exact) mass is 860 g/mol. The van der Waals surface area contributed by atoms with Crippen molar-refractivity contribution in [2.24, 2.45) is 0 Å². The Morgan fingerprint density at radius 1 is 0.309 bits per heavy atom. The summed E-state index contributed by atoms with van der Waals surface area (Å²) in [7, 11) is 0. The van der Waals surface area contributed by atoms with E-state index >= 15 is 0 Å². The largest absolute Gasteiger partial charge is 0.0725 e. The Balaban J connectivity index is 0.978. The van der Waals surface area contributed by atoms with Gasteiger partial charge in [0.25, 0.3) is 0 Å². The van der Waals surface area contributed by atoms with Gasteiger partial charge in [-0.1, -0.05) is 231 Å². The van der Waals surface area contributed by atoms with Gasteiger partial charge in [0, 0.05) is 5.92 Å². The van der Waals surface area contributed by atoms with E-state index in [1.807, 2.05) is 0 Å². The number of fused-ring (bicyclic) bond motifs is 17. The highest BCUT2D eigenvalue weighted by molar-refractivity contribution is 6.06. The van der Waals surface area contributed by atoms with Gasteiger partial charge < -0.3 is 0 Å². The van der Waals surface area contributed by atoms with E-state index in [0.717, 1.165) is 12.8 Å². The average Bonchev–Trinajstić information content (AvgIpc) is 4.14. The van der Waals surface area contributed by atoms with Crippen LogP contribution in [0, 0.1) is 0 Å². The molecule has 1 spiro atoms. The summed E-state index contributed by atoms with van der Waals surface area (Å²) in [5.74, 6) is -0.0379. The first kappa shape index (κ1) is 37.9. The Labute approximate surface area is 397 Å². The third-order valence-electron chi connectivity index (χ3n) is 16.1. The topological polar surface area (TPSA) is 0 Å². The molecular formula is C68H44. The highest BCUT2D eigenvalue weighted by atomic mass is 14.5. The second-order valence-corrected chi connectivity index (χ2v) is 19.3. The summed E-state index contributed by atoms with van der Waals surface area (Å²) in [6.45, 7) is 0. The molecule has 15 rings (SSSR count). The summed E-state index contributed by atoms with van der Waals surface area (Å²) in [4.78, 5) is 0. The lowest BCUT2D eigenvalue weighted by atomic mass is 9.69. The highest BCUT2D eigenvalue weighted by Gasteiger charge is 2.51. The number of benzene rings is 11. The van der Waals surface area contributed by atoms with Crippen molar-refractivity contribution >= 4 is 10.8 Å². The molecule has 316 valence electrons. The van der Waals surface area contributed by atoms with Gasteiger partial charge in [0.1, 0.15) is 0 Å². The predicted molar refractivity (Wildman–Crippen MR) is 281 cm³/mol. The van der Waals surface area contributed by atoms with Crippen LogP contribution in [0.3, 0.4) is 0 Å². The fraction of sp³-hybridized carbons (Fsp3) is 0.0588. The summed E-state index contributed by atoms with van der Waals surface area (Å²) < 4.78 is 0. The van der Waals surface area contributed by atoms with Crippen molar-refractivity contribution in [2.75, 3.05) is 0 Å². The van der Waals surface area contributed by atoms with Crippen LogP contribution in [0.25, 0.3) is 77.5 Å². The summed E-state index contributed by atoms with van der Waals surface area (Å²) in [5, 5.41) is 2.62. The van der Waals surface area contributed by atoms with Gasteiger partial charge in [-0.05, 0) is 158 Å². The molecule has 0 nitrogen and oxygen atoms in total. The summed E-state index contributed by atoms with van der Waals surface area (Å²) in [5.41, 5.74) is 30.8. The first-order valence-corrected chi connectivity index (χ1v) is 24.2. The van der Waals surface area contributed by atoms with E-state index in [-0.39, 0.29) is 5.92 Å². The molecule has 68 heavy (non-hydrogen) atoms. The van der Waals surface area contributed by atoms with E-state index in [4.69, 9.17) is 0 Å². The number of hydrogen-bond donors (Lipinski definition) is 0. The van der Waals surface area contributed by atoms with Crippen molar-refractivity contribution in [3.05, 3.63) is 298 Å². The lowest BCUT2D eigenvalue weighted by Crippen LogP contribution is -2.26. The van der Waals surface area contributed by atoms with E-state index < -0.39 is 5.41 Å². The van der Waals surface area contributed by atoms with Gasteiger partial charge in [-0.3, -0.25) is 0 Å². The second-order valence-electron chi connectivity index (χ2n) is 19.3. The molecule has 0 bridgehead atoms. The van der Waals surface area contributed by atoms with E-state index in [9.17, 15) is 0 Å². The average molecular weight is 861 g/mol. The van der Waals surface area contributed by atoms with Crippen LogP contribution in [-0.2, 0) is 18.3 Å². The Bertz CT molecular complexity index is 3840. The molecule has 0 N–H and O–H groups in total. The summed E-state index contributed by atoms with van der Waals surface area (Å²) in [6, 6.07) is 90.0. The minimum absolute atomic E-state index is 0.0379. The zero-order chi connectivity index (χ0) is 44.5.